The minimum atomic E-state index is 0.115. The van der Waals surface area contributed by atoms with Crippen molar-refractivity contribution in [2.24, 2.45) is 12.5 Å². The Morgan fingerprint density at radius 2 is 2.17 bits per heavy atom. The van der Waals surface area contributed by atoms with E-state index in [-0.39, 0.29) is 5.41 Å². The first-order chi connectivity index (χ1) is 8.56. The molecule has 2 rings (SSSR count). The number of nitrogens with one attached hydrogen (secondary N) is 1. The Balaban J connectivity index is 1.95. The van der Waals surface area contributed by atoms with Crippen molar-refractivity contribution in [1.29, 1.82) is 0 Å². The van der Waals surface area contributed by atoms with E-state index >= 15 is 0 Å². The van der Waals surface area contributed by atoms with Gasteiger partial charge in [-0.25, -0.2) is 0 Å². The van der Waals surface area contributed by atoms with Gasteiger partial charge in [-0.05, 0) is 26.7 Å². The lowest BCUT2D eigenvalue weighted by molar-refractivity contribution is 0.125. The quantitative estimate of drug-likeness (QED) is 0.840. The Morgan fingerprint density at radius 1 is 1.50 bits per heavy atom. The molecule has 1 saturated carbocycles. The number of aromatic nitrogens is 2. The molecule has 4 nitrogen and oxygen atoms in total. The summed E-state index contributed by atoms with van der Waals surface area (Å²) >= 11 is 0. The van der Waals surface area contributed by atoms with Crippen LogP contribution in [-0.4, -0.2) is 28.0 Å². The number of rotatable bonds is 5. The minimum absolute atomic E-state index is 0.115. The smallest absolute Gasteiger partial charge is 0.0641 e. The summed E-state index contributed by atoms with van der Waals surface area (Å²) in [6.07, 6.45) is 6.88. The fourth-order valence-corrected chi connectivity index (χ4v) is 3.04. The van der Waals surface area contributed by atoms with Gasteiger partial charge in [-0.1, -0.05) is 12.8 Å². The summed E-state index contributed by atoms with van der Waals surface area (Å²) in [5.41, 5.74) is 2.45. The lowest BCUT2D eigenvalue weighted by atomic mass is 9.87. The van der Waals surface area contributed by atoms with Crippen LogP contribution in [0.5, 0.6) is 0 Å². The maximum atomic E-state index is 9.60. The molecule has 18 heavy (non-hydrogen) atoms. The lowest BCUT2D eigenvalue weighted by Crippen LogP contribution is -2.36. The molecule has 1 aromatic rings. The fraction of sp³-hybridized carbons (Fsp3) is 0.786. The average molecular weight is 251 g/mol. The van der Waals surface area contributed by atoms with E-state index in [0.29, 0.717) is 12.6 Å². The standard InChI is InChI=1S/C14H25N3O/c1-11(13-8-17(3)16-12(13)2)15-9-14(10-18)6-4-5-7-14/h8,11,15,18H,4-7,9-10H2,1-3H3. The third-order valence-corrected chi connectivity index (χ3v) is 4.30. The highest BCUT2D eigenvalue weighted by atomic mass is 16.3. The molecule has 0 radical (unpaired) electrons. The first-order valence-corrected chi connectivity index (χ1v) is 6.91. The van der Waals surface area contributed by atoms with Gasteiger partial charge in [0.05, 0.1) is 5.69 Å². The first-order valence-electron chi connectivity index (χ1n) is 6.91. The Kier molecular flexibility index (Phi) is 4.07. The number of nitrogens with zero attached hydrogens (tertiary/aromatic N) is 2. The van der Waals surface area contributed by atoms with Gasteiger partial charge in [0.25, 0.3) is 0 Å². The molecule has 1 heterocycles. The molecule has 1 aromatic heterocycles. The molecule has 2 N–H and O–H groups in total. The van der Waals surface area contributed by atoms with Crippen molar-refractivity contribution in [3.8, 4) is 0 Å². The van der Waals surface area contributed by atoms with Crippen LogP contribution in [0.1, 0.15) is 49.9 Å². The summed E-state index contributed by atoms with van der Waals surface area (Å²) in [6.45, 7) is 5.42. The highest BCUT2D eigenvalue weighted by molar-refractivity contribution is 5.19. The van der Waals surface area contributed by atoms with Crippen LogP contribution in [0.25, 0.3) is 0 Å². The molecular formula is C14H25N3O. The molecule has 0 bridgehead atoms. The van der Waals surface area contributed by atoms with Gasteiger partial charge in [0.2, 0.25) is 0 Å². The summed E-state index contributed by atoms with van der Waals surface area (Å²) < 4.78 is 1.86. The van der Waals surface area contributed by atoms with Crippen LogP contribution in [-0.2, 0) is 7.05 Å². The second-order valence-electron chi connectivity index (χ2n) is 5.81. The Hall–Kier alpha value is -0.870. The third kappa shape index (κ3) is 2.75. The van der Waals surface area contributed by atoms with Crippen LogP contribution < -0.4 is 5.32 Å². The fourth-order valence-electron chi connectivity index (χ4n) is 3.04. The molecule has 0 saturated heterocycles. The normalized spacial score (nSPS) is 20.2. The average Bonchev–Trinajstić information content (AvgIpc) is 2.94. The molecule has 0 aliphatic heterocycles. The molecule has 0 spiro atoms. The van der Waals surface area contributed by atoms with Gasteiger partial charge < -0.3 is 10.4 Å². The predicted molar refractivity (Wildman–Crippen MR) is 72.3 cm³/mol. The lowest BCUT2D eigenvalue weighted by Gasteiger charge is -2.28. The van der Waals surface area contributed by atoms with E-state index in [9.17, 15) is 5.11 Å². The molecule has 1 unspecified atom stereocenters. The molecule has 0 amide bonds. The third-order valence-electron chi connectivity index (χ3n) is 4.30. The van der Waals surface area contributed by atoms with Crippen molar-refractivity contribution in [2.75, 3.05) is 13.2 Å². The number of aliphatic hydroxyl groups is 1. The zero-order valence-electron chi connectivity index (χ0n) is 11.7. The van der Waals surface area contributed by atoms with Gasteiger partial charge in [0.15, 0.2) is 0 Å². The van der Waals surface area contributed by atoms with E-state index in [1.54, 1.807) is 0 Å². The van der Waals surface area contributed by atoms with Crippen LogP contribution in [0.2, 0.25) is 0 Å². The van der Waals surface area contributed by atoms with E-state index in [4.69, 9.17) is 0 Å². The molecule has 0 aromatic carbocycles. The SMILES string of the molecule is Cc1nn(C)cc1C(C)NCC1(CO)CCCC1. The van der Waals surface area contributed by atoms with Crippen molar-refractivity contribution in [3.63, 3.8) is 0 Å². The summed E-state index contributed by atoms with van der Waals surface area (Å²) in [5.74, 6) is 0. The molecular weight excluding hydrogens is 226 g/mol. The largest absolute Gasteiger partial charge is 0.396 e. The van der Waals surface area contributed by atoms with E-state index in [1.165, 1.54) is 18.4 Å². The number of hydrogen-bond donors (Lipinski definition) is 2. The van der Waals surface area contributed by atoms with Gasteiger partial charge in [-0.3, -0.25) is 4.68 Å². The van der Waals surface area contributed by atoms with Crippen molar-refractivity contribution < 1.29 is 5.11 Å². The molecule has 1 aliphatic carbocycles. The Bertz CT molecular complexity index is 394. The van der Waals surface area contributed by atoms with Gasteiger partial charge in [0, 0.05) is 43.4 Å². The zero-order chi connectivity index (χ0) is 13.2. The van der Waals surface area contributed by atoms with Crippen LogP contribution in [0.15, 0.2) is 6.20 Å². The summed E-state index contributed by atoms with van der Waals surface area (Å²) in [7, 11) is 1.95. The highest BCUT2D eigenvalue weighted by Gasteiger charge is 2.33. The maximum Gasteiger partial charge on any atom is 0.0641 e. The Labute approximate surface area is 109 Å². The van der Waals surface area contributed by atoms with Gasteiger partial charge in [0.1, 0.15) is 0 Å². The molecule has 1 atom stereocenters. The minimum Gasteiger partial charge on any atom is -0.396 e. The molecule has 102 valence electrons. The van der Waals surface area contributed by atoms with Gasteiger partial charge >= 0.3 is 0 Å². The van der Waals surface area contributed by atoms with Crippen LogP contribution >= 0.6 is 0 Å². The van der Waals surface area contributed by atoms with Crippen LogP contribution in [0, 0.1) is 12.3 Å². The second kappa shape index (κ2) is 5.41. The summed E-state index contributed by atoms with van der Waals surface area (Å²) in [6, 6.07) is 0.294. The topological polar surface area (TPSA) is 50.1 Å². The van der Waals surface area contributed by atoms with Crippen LogP contribution in [0.3, 0.4) is 0 Å². The first kappa shape index (κ1) is 13.6. The van der Waals surface area contributed by atoms with E-state index in [2.05, 4.69) is 23.5 Å². The Morgan fingerprint density at radius 3 is 2.67 bits per heavy atom. The molecule has 4 heteroatoms. The maximum absolute atomic E-state index is 9.60. The zero-order valence-corrected chi connectivity index (χ0v) is 11.7. The molecule has 1 aliphatic rings. The number of aliphatic hydroxyl groups excluding tert-OH is 1. The van der Waals surface area contributed by atoms with Gasteiger partial charge in [-0.15, -0.1) is 0 Å². The van der Waals surface area contributed by atoms with Gasteiger partial charge in [-0.2, -0.15) is 5.10 Å². The van der Waals surface area contributed by atoms with Crippen molar-refractivity contribution in [3.05, 3.63) is 17.5 Å². The van der Waals surface area contributed by atoms with Crippen molar-refractivity contribution in [1.82, 2.24) is 15.1 Å². The highest BCUT2D eigenvalue weighted by Crippen LogP contribution is 2.37. The number of hydrogen-bond acceptors (Lipinski definition) is 3. The van der Waals surface area contributed by atoms with Crippen molar-refractivity contribution in [2.45, 2.75) is 45.6 Å². The second-order valence-corrected chi connectivity index (χ2v) is 5.81. The van der Waals surface area contributed by atoms with E-state index in [1.807, 2.05) is 18.7 Å². The summed E-state index contributed by atoms with van der Waals surface area (Å²) in [4.78, 5) is 0. The summed E-state index contributed by atoms with van der Waals surface area (Å²) in [5, 5.41) is 17.6. The van der Waals surface area contributed by atoms with E-state index < -0.39 is 0 Å². The van der Waals surface area contributed by atoms with Crippen LogP contribution in [0.4, 0.5) is 0 Å². The monoisotopic (exact) mass is 251 g/mol. The van der Waals surface area contributed by atoms with E-state index in [0.717, 1.165) is 25.1 Å². The molecule has 1 fully saturated rings. The predicted octanol–water partition coefficient (Wildman–Crippen LogP) is 1.93. The van der Waals surface area contributed by atoms with Crippen molar-refractivity contribution >= 4 is 0 Å². The number of aryl methyl sites for hydroxylation is 2.